The molecule has 0 saturated carbocycles. The molecule has 0 aromatic carbocycles. The van der Waals surface area contributed by atoms with Crippen LogP contribution in [-0.4, -0.2) is 143 Å². The molecule has 0 amide bonds. The minimum atomic E-state index is -1.89. The second-order valence-electron chi connectivity index (χ2n) is 11.4. The van der Waals surface area contributed by atoms with Crippen molar-refractivity contribution < 1.29 is 100.0 Å². The van der Waals surface area contributed by atoms with Crippen LogP contribution in [0.3, 0.4) is 0 Å². The van der Waals surface area contributed by atoms with Gasteiger partial charge in [-0.15, -0.1) is 0 Å². The molecule has 4 unspecified atom stereocenters. The zero-order chi connectivity index (χ0) is 40.9. The summed E-state index contributed by atoms with van der Waals surface area (Å²) in [4.78, 5) is 110. The Morgan fingerprint density at radius 1 is 0.500 bits per heavy atom. The first kappa shape index (κ1) is 44.8. The molecule has 0 spiro atoms. The topological polar surface area (TPSA) is 276 Å². The van der Waals surface area contributed by atoms with Gasteiger partial charge >= 0.3 is 53.7 Å². The van der Waals surface area contributed by atoms with E-state index in [1.54, 1.807) is 0 Å². The molecular formula is C32H43NO21. The molecule has 0 radical (unpaired) electrons. The summed E-state index contributed by atoms with van der Waals surface area (Å²) >= 11 is 0. The average Bonchev–Trinajstić information content (AvgIpc) is 3.06. The van der Waals surface area contributed by atoms with Crippen molar-refractivity contribution in [1.82, 2.24) is 5.32 Å². The lowest BCUT2D eigenvalue weighted by Gasteiger charge is -2.48. The van der Waals surface area contributed by atoms with Crippen molar-refractivity contribution in [3.8, 4) is 0 Å². The lowest BCUT2D eigenvalue weighted by Crippen LogP contribution is -2.68. The Labute approximate surface area is 308 Å². The first-order chi connectivity index (χ1) is 25.3. The minimum Gasteiger partial charge on any atom is -0.465 e. The van der Waals surface area contributed by atoms with Crippen LogP contribution in [0.4, 0.5) is 0 Å². The van der Waals surface area contributed by atoms with E-state index >= 15 is 0 Å². The molecule has 10 atom stereocenters. The fraction of sp³-hybridized carbons (Fsp3) is 0.656. The Kier molecular flexibility index (Phi) is 17.2. The Balaban J connectivity index is 2.85. The van der Waals surface area contributed by atoms with Crippen molar-refractivity contribution in [2.24, 2.45) is 0 Å². The number of ether oxygens (including phenoxy) is 12. The van der Waals surface area contributed by atoms with Crippen molar-refractivity contribution in [1.29, 1.82) is 0 Å². The van der Waals surface area contributed by atoms with E-state index in [4.69, 9.17) is 47.4 Å². The largest absolute Gasteiger partial charge is 0.465 e. The molecule has 0 bridgehead atoms. The van der Waals surface area contributed by atoms with Gasteiger partial charge in [-0.25, -0.2) is 9.59 Å². The lowest BCUT2D eigenvalue weighted by molar-refractivity contribution is -0.348. The Morgan fingerprint density at radius 2 is 0.907 bits per heavy atom. The van der Waals surface area contributed by atoms with Crippen LogP contribution in [0.1, 0.15) is 48.5 Å². The maximum atomic E-state index is 12.6. The van der Waals surface area contributed by atoms with E-state index in [1.807, 2.05) is 0 Å². The molecule has 2 saturated heterocycles. The zero-order valence-electron chi connectivity index (χ0n) is 30.8. The van der Waals surface area contributed by atoms with Gasteiger partial charge < -0.3 is 62.2 Å². The highest BCUT2D eigenvalue weighted by Gasteiger charge is 2.57. The van der Waals surface area contributed by atoms with Crippen molar-refractivity contribution in [2.45, 2.75) is 110 Å². The van der Waals surface area contributed by atoms with Gasteiger partial charge in [0.25, 0.3) is 0 Å². The highest BCUT2D eigenvalue weighted by Crippen LogP contribution is 2.35. The van der Waals surface area contributed by atoms with Gasteiger partial charge in [0.1, 0.15) is 37.6 Å². The van der Waals surface area contributed by atoms with Gasteiger partial charge in [-0.2, -0.15) is 0 Å². The second kappa shape index (κ2) is 20.8. The molecule has 22 nitrogen and oxygen atoms in total. The summed E-state index contributed by atoms with van der Waals surface area (Å²) in [6.45, 7) is 5.83. The van der Waals surface area contributed by atoms with E-state index < -0.39 is 134 Å². The molecule has 302 valence electrons. The summed E-state index contributed by atoms with van der Waals surface area (Å²) in [6.07, 6.45) is -14.3. The highest BCUT2D eigenvalue weighted by molar-refractivity contribution is 6.13. The van der Waals surface area contributed by atoms with Crippen LogP contribution in [0.15, 0.2) is 11.8 Å². The van der Waals surface area contributed by atoms with Gasteiger partial charge in [0, 0.05) is 54.7 Å². The molecule has 1 N–H and O–H groups in total. The normalized spacial score (nSPS) is 27.4. The summed E-state index contributed by atoms with van der Waals surface area (Å²) in [5, 5.41) is 2.62. The zero-order valence-corrected chi connectivity index (χ0v) is 30.8. The Morgan fingerprint density at radius 3 is 1.35 bits per heavy atom. The number of methoxy groups -OCH3 is 2. The fourth-order valence-corrected chi connectivity index (χ4v) is 5.23. The van der Waals surface area contributed by atoms with Crippen LogP contribution in [0, 0.1) is 0 Å². The van der Waals surface area contributed by atoms with Gasteiger partial charge in [-0.3, -0.25) is 33.6 Å². The predicted octanol–water partition coefficient (Wildman–Crippen LogP) is -1.57. The second-order valence-corrected chi connectivity index (χ2v) is 11.4. The monoisotopic (exact) mass is 777 g/mol. The number of carbonyl (C=O) groups is 9. The molecule has 22 heteroatoms. The maximum Gasteiger partial charge on any atom is 0.346 e. The number of carbonyl (C=O) groups excluding carboxylic acids is 9. The molecule has 0 aliphatic carbocycles. The number of hydrogen-bond acceptors (Lipinski definition) is 22. The minimum absolute atomic E-state index is 0.629. The van der Waals surface area contributed by atoms with Gasteiger partial charge in [-0.1, -0.05) is 0 Å². The average molecular weight is 778 g/mol. The van der Waals surface area contributed by atoms with Crippen LogP contribution in [-0.2, 0) is 100.0 Å². The van der Waals surface area contributed by atoms with Crippen molar-refractivity contribution in [3.05, 3.63) is 11.8 Å². The SMILES string of the molecule is COC(=O)C(=CNC1[C@H](OC(C)=O)OC(COC(C)=O)[C@H](O[C@@H]2OC(COC(C)=O)[C@H](OC(C)=O)[C@H](OC(C)=O)C2OC(C)=O)[C@@H]1OC(C)=O)C(=O)OC. The Hall–Kier alpha value is -5.35. The van der Waals surface area contributed by atoms with Crippen LogP contribution in [0.5, 0.6) is 0 Å². The quantitative estimate of drug-likeness (QED) is 0.0646. The number of esters is 9. The van der Waals surface area contributed by atoms with Crippen LogP contribution < -0.4 is 5.32 Å². The van der Waals surface area contributed by atoms with E-state index in [9.17, 15) is 43.2 Å². The molecule has 0 aromatic heterocycles. The third-order valence-corrected chi connectivity index (χ3v) is 7.15. The van der Waals surface area contributed by atoms with E-state index in [0.717, 1.165) is 68.9 Å². The highest BCUT2D eigenvalue weighted by atomic mass is 16.8. The summed E-state index contributed by atoms with van der Waals surface area (Å²) in [6, 6.07) is -1.58. The lowest BCUT2D eigenvalue weighted by atomic mass is 9.94. The smallest absolute Gasteiger partial charge is 0.346 e. The van der Waals surface area contributed by atoms with E-state index in [2.05, 4.69) is 14.8 Å². The van der Waals surface area contributed by atoms with Gasteiger partial charge in [0.15, 0.2) is 36.3 Å². The van der Waals surface area contributed by atoms with Crippen LogP contribution >= 0.6 is 0 Å². The number of hydrogen-bond donors (Lipinski definition) is 1. The van der Waals surface area contributed by atoms with Crippen LogP contribution in [0.2, 0.25) is 0 Å². The van der Waals surface area contributed by atoms with Gasteiger partial charge in [0.2, 0.25) is 6.29 Å². The molecule has 2 aliphatic heterocycles. The third-order valence-electron chi connectivity index (χ3n) is 7.15. The number of rotatable bonds is 15. The molecule has 2 fully saturated rings. The molecule has 0 aromatic rings. The first-order valence-electron chi connectivity index (χ1n) is 16.0. The van der Waals surface area contributed by atoms with Crippen molar-refractivity contribution in [3.63, 3.8) is 0 Å². The van der Waals surface area contributed by atoms with Crippen molar-refractivity contribution >= 4 is 53.7 Å². The predicted molar refractivity (Wildman–Crippen MR) is 168 cm³/mol. The Bertz CT molecular complexity index is 1440. The number of nitrogens with one attached hydrogen (secondary N) is 1. The summed E-state index contributed by atoms with van der Waals surface area (Å²) in [5.41, 5.74) is -0.706. The first-order valence-corrected chi connectivity index (χ1v) is 16.0. The molecule has 2 rings (SSSR count). The van der Waals surface area contributed by atoms with Crippen LogP contribution in [0.25, 0.3) is 0 Å². The summed E-state index contributed by atoms with van der Waals surface area (Å²) in [5.74, 6) is -8.66. The molecule has 2 heterocycles. The van der Waals surface area contributed by atoms with E-state index in [-0.39, 0.29) is 0 Å². The fourth-order valence-electron chi connectivity index (χ4n) is 5.23. The molecule has 54 heavy (non-hydrogen) atoms. The molecule has 2 aliphatic rings. The summed E-state index contributed by atoms with van der Waals surface area (Å²) < 4.78 is 65.0. The van der Waals surface area contributed by atoms with Gasteiger partial charge in [-0.05, 0) is 0 Å². The standard InChI is InChI=1S/C32H43NO21/c1-13(34)45-11-21-24(26(48-16(4)37)23(31(52-21)51-19(7)40)33-10-20(29(41)43-8)30(42)44-9)54-32-28(50-18(6)39)27(49-17(5)38)25(47-15(3)36)22(53-32)12-46-14(2)35/h10,21-28,31-33H,11-12H2,1-9H3/t21?,22?,23?,24-,25-,26+,27-,28?,31+,32-/m0/s1. The third kappa shape index (κ3) is 13.3. The maximum absolute atomic E-state index is 12.6. The van der Waals surface area contributed by atoms with E-state index in [0.29, 0.717) is 0 Å². The van der Waals surface area contributed by atoms with E-state index in [1.165, 1.54) is 0 Å². The molecular weight excluding hydrogens is 734 g/mol. The van der Waals surface area contributed by atoms with Gasteiger partial charge in [0.05, 0.1) is 14.2 Å². The summed E-state index contributed by atoms with van der Waals surface area (Å²) in [7, 11) is 1.95. The van der Waals surface area contributed by atoms with Crippen molar-refractivity contribution in [2.75, 3.05) is 27.4 Å².